The molecule has 0 amide bonds. The molecule has 1 unspecified atom stereocenters. The van der Waals surface area contributed by atoms with Crippen LogP contribution in [-0.4, -0.2) is 19.4 Å². The van der Waals surface area contributed by atoms with E-state index in [4.69, 9.17) is 4.74 Å². The van der Waals surface area contributed by atoms with Gasteiger partial charge in [-0.3, -0.25) is 0 Å². The van der Waals surface area contributed by atoms with Crippen molar-refractivity contribution in [1.29, 1.82) is 0 Å². The highest BCUT2D eigenvalue weighted by molar-refractivity contribution is 7.41. The van der Waals surface area contributed by atoms with Crippen molar-refractivity contribution in [3.63, 3.8) is 0 Å². The Balaban J connectivity index is 2.01. The molecule has 0 aliphatic rings. The predicted molar refractivity (Wildman–Crippen MR) is 74.4 cm³/mol. The summed E-state index contributed by atoms with van der Waals surface area (Å²) >= 11 is 0. The van der Waals surface area contributed by atoms with Crippen molar-refractivity contribution in [3.8, 4) is 0 Å². The summed E-state index contributed by atoms with van der Waals surface area (Å²) < 4.78 is 5.43. The second kappa shape index (κ2) is 9.57. The van der Waals surface area contributed by atoms with Crippen LogP contribution in [0.15, 0.2) is 36.1 Å². The van der Waals surface area contributed by atoms with Gasteiger partial charge in [-0.1, -0.05) is 57.7 Å². The Labute approximate surface area is 101 Å². The van der Waals surface area contributed by atoms with Crippen molar-refractivity contribution in [3.05, 3.63) is 41.7 Å². The fourth-order valence-corrected chi connectivity index (χ4v) is 2.15. The van der Waals surface area contributed by atoms with Crippen LogP contribution in [-0.2, 0) is 4.74 Å². The van der Waals surface area contributed by atoms with Gasteiger partial charge in [0.1, 0.15) is 0 Å². The molecule has 88 valence electrons. The highest BCUT2D eigenvalue weighted by Gasteiger charge is 1.87. The van der Waals surface area contributed by atoms with Crippen LogP contribution in [0.5, 0.6) is 0 Å². The molecular formula is C14H21OP. The summed E-state index contributed by atoms with van der Waals surface area (Å²) in [7, 11) is 0.909. The molecule has 0 spiro atoms. The Morgan fingerprint density at radius 1 is 1.19 bits per heavy atom. The molecule has 0 aromatic heterocycles. The summed E-state index contributed by atoms with van der Waals surface area (Å²) in [4.78, 5) is 0. The van der Waals surface area contributed by atoms with Crippen molar-refractivity contribution in [2.24, 2.45) is 0 Å². The molecule has 0 radical (unpaired) electrons. The normalized spacial score (nSPS) is 11.8. The lowest BCUT2D eigenvalue weighted by atomic mass is 10.2. The summed E-state index contributed by atoms with van der Waals surface area (Å²) in [5, 5.41) is 0. The highest BCUT2D eigenvalue weighted by Crippen LogP contribution is 2.15. The molecule has 0 fully saturated rings. The number of benzene rings is 1. The zero-order chi connectivity index (χ0) is 11.5. The molecular weight excluding hydrogens is 215 g/mol. The minimum absolute atomic E-state index is 0.906. The van der Waals surface area contributed by atoms with Crippen molar-refractivity contribution in [2.45, 2.75) is 19.8 Å². The summed E-state index contributed by atoms with van der Waals surface area (Å²) in [6.07, 6.45) is 5.74. The van der Waals surface area contributed by atoms with Gasteiger partial charge in [-0.2, -0.15) is 0 Å². The highest BCUT2D eigenvalue weighted by atomic mass is 31.1. The molecule has 1 aromatic rings. The molecule has 16 heavy (non-hydrogen) atoms. The van der Waals surface area contributed by atoms with Crippen LogP contribution in [0.4, 0.5) is 0 Å². The Hall–Kier alpha value is -0.650. The average molecular weight is 236 g/mol. The quantitative estimate of drug-likeness (QED) is 0.486. The van der Waals surface area contributed by atoms with Crippen molar-refractivity contribution < 1.29 is 4.74 Å². The zero-order valence-electron chi connectivity index (χ0n) is 9.99. The number of hydrogen-bond donors (Lipinski definition) is 0. The van der Waals surface area contributed by atoms with Gasteiger partial charge in [-0.25, -0.2) is 0 Å². The smallest absolute Gasteiger partial charge is 0.0469 e. The van der Waals surface area contributed by atoms with Crippen molar-refractivity contribution in [1.82, 2.24) is 0 Å². The van der Waals surface area contributed by atoms with Gasteiger partial charge < -0.3 is 4.74 Å². The molecule has 0 aliphatic carbocycles. The molecule has 0 saturated heterocycles. The summed E-state index contributed by atoms with van der Waals surface area (Å²) in [5.41, 5.74) is 1.29. The van der Waals surface area contributed by atoms with Crippen LogP contribution in [0.1, 0.15) is 25.3 Å². The maximum absolute atomic E-state index is 5.43. The standard InChI is InChI=1S/C14H21OP/c1-2-10-15-11-6-12-16-13-9-14-7-4-3-5-8-14/h3-5,7-9,13,16H,2,6,10-12H2,1H3. The van der Waals surface area contributed by atoms with Crippen LogP contribution in [0.3, 0.4) is 0 Å². The molecule has 0 heterocycles. The van der Waals surface area contributed by atoms with Crippen LogP contribution in [0.2, 0.25) is 0 Å². The lowest BCUT2D eigenvalue weighted by Gasteiger charge is -2.00. The van der Waals surface area contributed by atoms with Crippen LogP contribution in [0, 0.1) is 0 Å². The van der Waals surface area contributed by atoms with Gasteiger partial charge in [-0.05, 0) is 24.6 Å². The second-order valence-electron chi connectivity index (χ2n) is 3.66. The van der Waals surface area contributed by atoms with Gasteiger partial charge >= 0.3 is 0 Å². The van der Waals surface area contributed by atoms with Crippen LogP contribution in [0.25, 0.3) is 6.08 Å². The van der Waals surface area contributed by atoms with Gasteiger partial charge in [0, 0.05) is 13.2 Å². The van der Waals surface area contributed by atoms with E-state index in [0.717, 1.165) is 28.2 Å². The van der Waals surface area contributed by atoms with Gasteiger partial charge in [0.15, 0.2) is 0 Å². The number of ether oxygens (including phenoxy) is 1. The van der Waals surface area contributed by atoms with E-state index in [2.05, 4.69) is 43.1 Å². The van der Waals surface area contributed by atoms with E-state index in [-0.39, 0.29) is 0 Å². The van der Waals surface area contributed by atoms with E-state index in [9.17, 15) is 0 Å². The van der Waals surface area contributed by atoms with Crippen LogP contribution < -0.4 is 0 Å². The third-order valence-corrected chi connectivity index (χ3v) is 3.20. The van der Waals surface area contributed by atoms with E-state index in [1.54, 1.807) is 0 Å². The van der Waals surface area contributed by atoms with Gasteiger partial charge in [0.05, 0.1) is 0 Å². The van der Waals surface area contributed by atoms with Gasteiger partial charge in [0.2, 0.25) is 0 Å². The molecule has 0 N–H and O–H groups in total. The van der Waals surface area contributed by atoms with E-state index >= 15 is 0 Å². The lowest BCUT2D eigenvalue weighted by molar-refractivity contribution is 0.136. The maximum atomic E-state index is 5.43. The fourth-order valence-electron chi connectivity index (χ4n) is 1.33. The third-order valence-electron chi connectivity index (χ3n) is 2.15. The van der Waals surface area contributed by atoms with E-state index in [0.29, 0.717) is 0 Å². The van der Waals surface area contributed by atoms with E-state index < -0.39 is 0 Å². The van der Waals surface area contributed by atoms with Gasteiger partial charge in [0.25, 0.3) is 0 Å². The number of rotatable bonds is 8. The first-order valence-electron chi connectivity index (χ1n) is 5.96. The summed E-state index contributed by atoms with van der Waals surface area (Å²) in [5.74, 6) is 2.27. The molecule has 1 atom stereocenters. The minimum atomic E-state index is 0.906. The molecule has 1 rings (SSSR count). The number of hydrogen-bond acceptors (Lipinski definition) is 1. The molecule has 1 aromatic carbocycles. The monoisotopic (exact) mass is 236 g/mol. The fraction of sp³-hybridized carbons (Fsp3) is 0.429. The van der Waals surface area contributed by atoms with Crippen molar-refractivity contribution >= 4 is 14.7 Å². The van der Waals surface area contributed by atoms with Gasteiger partial charge in [-0.15, -0.1) is 0 Å². The zero-order valence-corrected chi connectivity index (χ0v) is 11.0. The first-order chi connectivity index (χ1) is 7.93. The van der Waals surface area contributed by atoms with Crippen molar-refractivity contribution in [2.75, 3.05) is 19.4 Å². The molecule has 1 nitrogen and oxygen atoms in total. The van der Waals surface area contributed by atoms with Crippen LogP contribution >= 0.6 is 8.58 Å². The first kappa shape index (κ1) is 13.4. The maximum Gasteiger partial charge on any atom is 0.0469 e. The second-order valence-corrected chi connectivity index (χ2v) is 4.91. The van der Waals surface area contributed by atoms with E-state index in [1.807, 2.05) is 6.07 Å². The molecule has 0 bridgehead atoms. The van der Waals surface area contributed by atoms with E-state index in [1.165, 1.54) is 18.1 Å². The Morgan fingerprint density at radius 3 is 2.75 bits per heavy atom. The molecule has 2 heteroatoms. The predicted octanol–water partition coefficient (Wildman–Crippen LogP) is 4.15. The Morgan fingerprint density at radius 2 is 2.00 bits per heavy atom. The first-order valence-corrected chi connectivity index (χ1v) is 7.24. The average Bonchev–Trinajstić information content (AvgIpc) is 2.34. The SMILES string of the molecule is CCCOCCCPC=Cc1ccccc1. The molecule has 0 saturated carbocycles. The Bertz CT molecular complexity index is 282. The minimum Gasteiger partial charge on any atom is -0.381 e. The third kappa shape index (κ3) is 6.76. The molecule has 0 aliphatic heterocycles. The largest absolute Gasteiger partial charge is 0.381 e. The lowest BCUT2D eigenvalue weighted by Crippen LogP contribution is -1.95. The Kier molecular flexibility index (Phi) is 8.02. The summed E-state index contributed by atoms with van der Waals surface area (Å²) in [6.45, 7) is 3.97. The summed E-state index contributed by atoms with van der Waals surface area (Å²) in [6, 6.07) is 10.4. The topological polar surface area (TPSA) is 9.23 Å².